The zero-order chi connectivity index (χ0) is 12.3. The van der Waals surface area contributed by atoms with E-state index in [4.69, 9.17) is 23.2 Å². The fourth-order valence-corrected chi connectivity index (χ4v) is 1.35. The number of ketones is 1. The van der Waals surface area contributed by atoms with Crippen molar-refractivity contribution in [3.05, 3.63) is 33.8 Å². The molecule has 0 atom stereocenters. The van der Waals surface area contributed by atoms with E-state index < -0.39 is 18.8 Å². The van der Waals surface area contributed by atoms with Crippen molar-refractivity contribution >= 4 is 29.0 Å². The number of carbonyl (C=O) groups is 1. The van der Waals surface area contributed by atoms with Gasteiger partial charge in [-0.15, -0.1) is 13.2 Å². The van der Waals surface area contributed by atoms with E-state index in [1.165, 1.54) is 18.2 Å². The predicted octanol–water partition coefficient (Wildman–Crippen LogP) is 3.71. The molecule has 0 radical (unpaired) electrons. The van der Waals surface area contributed by atoms with Crippen LogP contribution >= 0.6 is 23.2 Å². The molecule has 88 valence electrons. The topological polar surface area (TPSA) is 26.3 Å². The molecule has 0 saturated carbocycles. The van der Waals surface area contributed by atoms with E-state index in [1.807, 2.05) is 0 Å². The summed E-state index contributed by atoms with van der Waals surface area (Å²) in [4.78, 5) is 11.3. The van der Waals surface area contributed by atoms with Gasteiger partial charge in [0.15, 0.2) is 5.78 Å². The molecule has 0 aliphatic rings. The maximum Gasteiger partial charge on any atom is 0.522 e. The number of halogens is 5. The number of alkyl halides is 3. The van der Waals surface area contributed by atoms with Crippen LogP contribution in [0.25, 0.3) is 0 Å². The molecule has 2 nitrogen and oxygen atoms in total. The lowest BCUT2D eigenvalue weighted by atomic mass is 10.1. The summed E-state index contributed by atoms with van der Waals surface area (Å²) in [5.74, 6) is -0.884. The lowest BCUT2D eigenvalue weighted by Crippen LogP contribution is -2.19. The molecular weight excluding hydrogens is 268 g/mol. The molecule has 7 heteroatoms. The fourth-order valence-electron chi connectivity index (χ4n) is 0.944. The first-order valence-corrected chi connectivity index (χ1v) is 4.75. The van der Waals surface area contributed by atoms with Gasteiger partial charge in [0, 0.05) is 5.56 Å². The largest absolute Gasteiger partial charge is 0.522 e. The Hall–Kier alpha value is -0.780. The Kier molecular flexibility index (Phi) is 4.18. The standard InChI is InChI=1S/C9H5Cl2F3O2/c10-6-3-1-2-5(8(6)11)7(15)4-16-9(12,13)14/h1-3H,4H2. The number of Topliss-reactive ketones (excluding diaryl/α,β-unsaturated/α-hetero) is 1. The highest BCUT2D eigenvalue weighted by Gasteiger charge is 2.30. The summed E-state index contributed by atoms with van der Waals surface area (Å²) in [6.07, 6.45) is -4.85. The third-order valence-electron chi connectivity index (χ3n) is 1.62. The van der Waals surface area contributed by atoms with Gasteiger partial charge in [-0.3, -0.25) is 9.53 Å². The molecule has 0 N–H and O–H groups in total. The Balaban J connectivity index is 2.78. The lowest BCUT2D eigenvalue weighted by molar-refractivity contribution is -0.318. The molecule has 0 heterocycles. The molecule has 0 aromatic heterocycles. The van der Waals surface area contributed by atoms with Gasteiger partial charge in [-0.1, -0.05) is 29.3 Å². The van der Waals surface area contributed by atoms with Gasteiger partial charge < -0.3 is 0 Å². The van der Waals surface area contributed by atoms with E-state index in [2.05, 4.69) is 4.74 Å². The maximum absolute atomic E-state index is 11.7. The summed E-state index contributed by atoms with van der Waals surface area (Å²) in [6.45, 7) is -1.12. The van der Waals surface area contributed by atoms with Gasteiger partial charge in [0.25, 0.3) is 0 Å². The van der Waals surface area contributed by atoms with Crippen LogP contribution in [0.5, 0.6) is 0 Å². The molecule has 16 heavy (non-hydrogen) atoms. The second kappa shape index (κ2) is 5.03. The molecule has 1 aromatic rings. The van der Waals surface area contributed by atoms with Crippen LogP contribution in [0.15, 0.2) is 18.2 Å². The zero-order valence-corrected chi connectivity index (χ0v) is 9.16. The maximum atomic E-state index is 11.7. The van der Waals surface area contributed by atoms with E-state index in [0.29, 0.717) is 0 Å². The molecule has 1 aromatic carbocycles. The first-order chi connectivity index (χ1) is 7.31. The van der Waals surface area contributed by atoms with Crippen molar-refractivity contribution in [2.75, 3.05) is 6.61 Å². The average Bonchev–Trinajstić information content (AvgIpc) is 2.17. The third-order valence-corrected chi connectivity index (χ3v) is 2.44. The SMILES string of the molecule is O=C(COC(F)(F)F)c1cccc(Cl)c1Cl. The van der Waals surface area contributed by atoms with Gasteiger partial charge in [-0.05, 0) is 12.1 Å². The second-order valence-corrected chi connectivity index (χ2v) is 3.54. The first-order valence-electron chi connectivity index (χ1n) is 3.99. The van der Waals surface area contributed by atoms with Gasteiger partial charge in [0.05, 0.1) is 10.0 Å². The van der Waals surface area contributed by atoms with Crippen LogP contribution in [0.3, 0.4) is 0 Å². The van der Waals surface area contributed by atoms with Gasteiger partial charge in [0.2, 0.25) is 0 Å². The van der Waals surface area contributed by atoms with Crippen molar-refractivity contribution in [3.63, 3.8) is 0 Å². The molecule has 0 aliphatic carbocycles. The molecule has 0 bridgehead atoms. The summed E-state index contributed by atoms with van der Waals surface area (Å²) in [5, 5.41) is 0.0134. The molecule has 0 amide bonds. The van der Waals surface area contributed by atoms with Gasteiger partial charge >= 0.3 is 6.36 Å². The number of hydrogen-bond acceptors (Lipinski definition) is 2. The number of rotatable bonds is 3. The van der Waals surface area contributed by atoms with E-state index in [9.17, 15) is 18.0 Å². The summed E-state index contributed by atoms with van der Waals surface area (Å²) in [5.41, 5.74) is -0.0987. The Morgan fingerprint density at radius 2 is 1.94 bits per heavy atom. The minimum atomic E-state index is -4.85. The number of hydrogen-bond donors (Lipinski definition) is 0. The smallest absolute Gasteiger partial charge is 0.291 e. The number of ether oxygens (including phenoxy) is 1. The Labute approximate surface area is 98.9 Å². The summed E-state index contributed by atoms with van der Waals surface area (Å²) < 4.78 is 38.4. The van der Waals surface area contributed by atoms with Gasteiger partial charge in [-0.25, -0.2) is 0 Å². The molecule has 0 spiro atoms. The van der Waals surface area contributed by atoms with Crippen molar-refractivity contribution in [2.24, 2.45) is 0 Å². The Morgan fingerprint density at radius 1 is 1.31 bits per heavy atom. The number of benzene rings is 1. The third kappa shape index (κ3) is 3.66. The normalized spacial score (nSPS) is 11.6. The average molecular weight is 273 g/mol. The van der Waals surface area contributed by atoms with Crippen LogP contribution in [-0.4, -0.2) is 18.8 Å². The molecular formula is C9H5Cl2F3O2. The molecule has 0 fully saturated rings. The van der Waals surface area contributed by atoms with Crippen molar-refractivity contribution in [2.45, 2.75) is 6.36 Å². The highest BCUT2D eigenvalue weighted by atomic mass is 35.5. The minimum absolute atomic E-state index is 0.0834. The minimum Gasteiger partial charge on any atom is -0.291 e. The Morgan fingerprint density at radius 3 is 2.50 bits per heavy atom. The van der Waals surface area contributed by atoms with Crippen LogP contribution in [0.4, 0.5) is 13.2 Å². The molecule has 1 rings (SSSR count). The highest BCUT2D eigenvalue weighted by Crippen LogP contribution is 2.26. The van der Waals surface area contributed by atoms with Gasteiger partial charge in [0.1, 0.15) is 6.61 Å². The highest BCUT2D eigenvalue weighted by molar-refractivity contribution is 6.43. The number of carbonyl (C=O) groups excluding carboxylic acids is 1. The van der Waals surface area contributed by atoms with Crippen molar-refractivity contribution < 1.29 is 22.7 Å². The van der Waals surface area contributed by atoms with E-state index in [1.54, 1.807) is 0 Å². The van der Waals surface area contributed by atoms with E-state index in [0.717, 1.165) is 0 Å². The molecule has 0 aliphatic heterocycles. The summed E-state index contributed by atoms with van der Waals surface area (Å²) in [6, 6.07) is 4.11. The quantitative estimate of drug-likeness (QED) is 0.784. The molecule has 0 unspecified atom stereocenters. The van der Waals surface area contributed by atoms with Crippen molar-refractivity contribution in [1.82, 2.24) is 0 Å². The Bertz CT molecular complexity index is 404. The fraction of sp³-hybridized carbons (Fsp3) is 0.222. The van der Waals surface area contributed by atoms with Crippen molar-refractivity contribution in [3.8, 4) is 0 Å². The summed E-state index contributed by atoms with van der Waals surface area (Å²) in [7, 11) is 0. The monoisotopic (exact) mass is 272 g/mol. The van der Waals surface area contributed by atoms with E-state index in [-0.39, 0.29) is 15.6 Å². The van der Waals surface area contributed by atoms with Crippen LogP contribution in [0.1, 0.15) is 10.4 Å². The van der Waals surface area contributed by atoms with Crippen LogP contribution in [0.2, 0.25) is 10.0 Å². The predicted molar refractivity (Wildman–Crippen MR) is 52.8 cm³/mol. The van der Waals surface area contributed by atoms with Crippen LogP contribution in [0, 0.1) is 0 Å². The lowest BCUT2D eigenvalue weighted by Gasteiger charge is -2.07. The van der Waals surface area contributed by atoms with E-state index >= 15 is 0 Å². The first kappa shape index (κ1) is 13.3. The second-order valence-electron chi connectivity index (χ2n) is 2.76. The molecule has 0 saturated heterocycles. The van der Waals surface area contributed by atoms with Crippen LogP contribution < -0.4 is 0 Å². The zero-order valence-electron chi connectivity index (χ0n) is 7.65. The van der Waals surface area contributed by atoms with Crippen molar-refractivity contribution in [1.29, 1.82) is 0 Å². The summed E-state index contributed by atoms with van der Waals surface area (Å²) >= 11 is 11.2. The van der Waals surface area contributed by atoms with Crippen LogP contribution in [-0.2, 0) is 4.74 Å². The van der Waals surface area contributed by atoms with Gasteiger partial charge in [-0.2, -0.15) is 0 Å².